The van der Waals surface area contributed by atoms with E-state index >= 15 is 0 Å². The number of anilines is 2. The van der Waals surface area contributed by atoms with E-state index < -0.39 is 0 Å². The highest BCUT2D eigenvalue weighted by atomic mass is 32.1. The number of piperidine rings is 1. The second-order valence-corrected chi connectivity index (χ2v) is 9.00. The Morgan fingerprint density at radius 2 is 1.86 bits per heavy atom. The number of fused-ring (bicyclic) bond motifs is 1. The minimum absolute atomic E-state index is 0.0673. The van der Waals surface area contributed by atoms with Crippen molar-refractivity contribution in [3.63, 3.8) is 0 Å². The van der Waals surface area contributed by atoms with Gasteiger partial charge in [-0.1, -0.05) is 43.4 Å². The normalized spacial score (nSPS) is 15.4. The van der Waals surface area contributed by atoms with Gasteiger partial charge in [-0.2, -0.15) is 0 Å². The lowest BCUT2D eigenvalue weighted by Gasteiger charge is -2.31. The number of hydrogen-bond donors (Lipinski definition) is 1. The maximum absolute atomic E-state index is 12.7. The van der Waals surface area contributed by atoms with Crippen LogP contribution in [-0.2, 0) is 4.79 Å². The van der Waals surface area contributed by atoms with Gasteiger partial charge in [0.25, 0.3) is 0 Å². The van der Waals surface area contributed by atoms with E-state index in [1.807, 2.05) is 12.1 Å². The molecule has 5 heteroatoms. The molecule has 1 aliphatic rings. The average molecular weight is 394 g/mol. The van der Waals surface area contributed by atoms with E-state index in [1.54, 1.807) is 11.3 Å². The van der Waals surface area contributed by atoms with Gasteiger partial charge in [0.05, 0.1) is 10.2 Å². The number of amides is 1. The third-order valence-corrected chi connectivity index (χ3v) is 6.59. The molecule has 1 saturated heterocycles. The maximum Gasteiger partial charge on any atom is 0.227 e. The smallest absolute Gasteiger partial charge is 0.227 e. The Hall–Kier alpha value is -2.40. The molecule has 1 amide bonds. The van der Waals surface area contributed by atoms with Gasteiger partial charge in [-0.15, -0.1) is 0 Å². The summed E-state index contributed by atoms with van der Waals surface area (Å²) in [5, 5.41) is 4.16. The van der Waals surface area contributed by atoms with E-state index in [0.29, 0.717) is 5.92 Å². The van der Waals surface area contributed by atoms with E-state index in [9.17, 15) is 4.79 Å². The molecule has 1 aliphatic heterocycles. The summed E-state index contributed by atoms with van der Waals surface area (Å²) in [5.41, 5.74) is 4.51. The SMILES string of the molecule is Cc1ccc2nc(N3CCC(C(=O)Nc4ccc(C(C)C)cc4)CC3)sc2c1. The van der Waals surface area contributed by atoms with Gasteiger partial charge in [0.15, 0.2) is 5.13 Å². The number of rotatable bonds is 4. The van der Waals surface area contributed by atoms with Crippen LogP contribution in [0.4, 0.5) is 10.8 Å². The first-order chi connectivity index (χ1) is 13.5. The third-order valence-electron chi connectivity index (χ3n) is 5.51. The summed E-state index contributed by atoms with van der Waals surface area (Å²) in [6, 6.07) is 14.6. The van der Waals surface area contributed by atoms with Crippen LogP contribution in [0.15, 0.2) is 42.5 Å². The lowest BCUT2D eigenvalue weighted by molar-refractivity contribution is -0.120. The van der Waals surface area contributed by atoms with Crippen molar-refractivity contribution < 1.29 is 4.79 Å². The van der Waals surface area contributed by atoms with E-state index in [4.69, 9.17) is 4.98 Å². The molecule has 0 atom stereocenters. The first-order valence-corrected chi connectivity index (χ1v) is 10.8. The van der Waals surface area contributed by atoms with Crippen LogP contribution in [0.1, 0.15) is 43.7 Å². The van der Waals surface area contributed by atoms with Crippen LogP contribution in [0, 0.1) is 12.8 Å². The molecular formula is C23H27N3OS. The second-order valence-electron chi connectivity index (χ2n) is 7.99. The number of nitrogens with one attached hydrogen (secondary N) is 1. The first kappa shape index (κ1) is 18.9. The van der Waals surface area contributed by atoms with Crippen LogP contribution in [0.3, 0.4) is 0 Å². The predicted octanol–water partition coefficient (Wildman–Crippen LogP) is 5.58. The molecule has 1 N–H and O–H groups in total. The number of carbonyl (C=O) groups excluding carboxylic acids is 1. The molecule has 4 nitrogen and oxygen atoms in total. The van der Waals surface area contributed by atoms with Crippen molar-refractivity contribution in [2.75, 3.05) is 23.3 Å². The fourth-order valence-corrected chi connectivity index (χ4v) is 4.80. The van der Waals surface area contributed by atoms with Gasteiger partial charge < -0.3 is 10.2 Å². The summed E-state index contributed by atoms with van der Waals surface area (Å²) in [7, 11) is 0. The maximum atomic E-state index is 12.7. The molecule has 1 fully saturated rings. The van der Waals surface area contributed by atoms with Gasteiger partial charge >= 0.3 is 0 Å². The van der Waals surface area contributed by atoms with Crippen molar-refractivity contribution in [1.29, 1.82) is 0 Å². The molecule has 0 spiro atoms. The van der Waals surface area contributed by atoms with Gasteiger partial charge in [-0.3, -0.25) is 4.79 Å². The van der Waals surface area contributed by atoms with Crippen LogP contribution >= 0.6 is 11.3 Å². The lowest BCUT2D eigenvalue weighted by atomic mass is 9.96. The van der Waals surface area contributed by atoms with Crippen molar-refractivity contribution in [3.05, 3.63) is 53.6 Å². The Morgan fingerprint density at radius 1 is 1.14 bits per heavy atom. The minimum atomic E-state index is 0.0673. The Morgan fingerprint density at radius 3 is 2.54 bits per heavy atom. The molecule has 0 radical (unpaired) electrons. The zero-order valence-electron chi connectivity index (χ0n) is 16.7. The highest BCUT2D eigenvalue weighted by molar-refractivity contribution is 7.22. The van der Waals surface area contributed by atoms with Crippen molar-refractivity contribution >= 4 is 38.3 Å². The van der Waals surface area contributed by atoms with E-state index in [1.165, 1.54) is 15.8 Å². The predicted molar refractivity (Wildman–Crippen MR) is 118 cm³/mol. The van der Waals surface area contributed by atoms with Gasteiger partial charge in [-0.05, 0) is 61.1 Å². The van der Waals surface area contributed by atoms with Crippen molar-refractivity contribution in [3.8, 4) is 0 Å². The fraction of sp³-hybridized carbons (Fsp3) is 0.391. The lowest BCUT2D eigenvalue weighted by Crippen LogP contribution is -2.38. The van der Waals surface area contributed by atoms with E-state index in [0.717, 1.165) is 42.3 Å². The Labute approximate surface area is 170 Å². The molecule has 4 rings (SSSR count). The Kier molecular flexibility index (Phi) is 5.36. The monoisotopic (exact) mass is 393 g/mol. The van der Waals surface area contributed by atoms with Gasteiger partial charge in [0.2, 0.25) is 5.91 Å². The second kappa shape index (κ2) is 7.92. The number of carbonyl (C=O) groups is 1. The molecule has 0 saturated carbocycles. The van der Waals surface area contributed by atoms with Gasteiger partial charge in [0.1, 0.15) is 0 Å². The fourth-order valence-electron chi connectivity index (χ4n) is 3.68. The summed E-state index contributed by atoms with van der Waals surface area (Å²) in [4.78, 5) is 19.8. The molecule has 0 unspecified atom stereocenters. The van der Waals surface area contributed by atoms with Crippen molar-refractivity contribution in [2.45, 2.75) is 39.5 Å². The summed E-state index contributed by atoms with van der Waals surface area (Å²) < 4.78 is 1.24. The van der Waals surface area contributed by atoms with Crippen LogP contribution in [0.5, 0.6) is 0 Å². The zero-order chi connectivity index (χ0) is 19.7. The summed E-state index contributed by atoms with van der Waals surface area (Å²) in [5.74, 6) is 0.704. The summed E-state index contributed by atoms with van der Waals surface area (Å²) >= 11 is 1.75. The first-order valence-electron chi connectivity index (χ1n) is 10.0. The van der Waals surface area contributed by atoms with Gasteiger partial charge in [-0.25, -0.2) is 4.98 Å². The highest BCUT2D eigenvalue weighted by Gasteiger charge is 2.26. The molecule has 2 heterocycles. The van der Waals surface area contributed by atoms with E-state index in [-0.39, 0.29) is 11.8 Å². The van der Waals surface area contributed by atoms with Crippen molar-refractivity contribution in [1.82, 2.24) is 4.98 Å². The Balaban J connectivity index is 1.35. The molecule has 28 heavy (non-hydrogen) atoms. The van der Waals surface area contributed by atoms with Gasteiger partial charge in [0, 0.05) is 24.7 Å². The molecule has 146 valence electrons. The number of aromatic nitrogens is 1. The number of benzene rings is 2. The molecular weight excluding hydrogens is 366 g/mol. The summed E-state index contributed by atoms with van der Waals surface area (Å²) in [6.45, 7) is 8.22. The number of aryl methyl sites for hydroxylation is 1. The van der Waals surface area contributed by atoms with Crippen LogP contribution < -0.4 is 10.2 Å². The molecule has 0 aliphatic carbocycles. The zero-order valence-corrected chi connectivity index (χ0v) is 17.6. The van der Waals surface area contributed by atoms with Crippen LogP contribution in [-0.4, -0.2) is 24.0 Å². The highest BCUT2D eigenvalue weighted by Crippen LogP contribution is 2.32. The number of nitrogens with zero attached hydrogens (tertiary/aromatic N) is 2. The standard InChI is InChI=1S/C23H27N3OS/c1-15(2)17-5-7-19(8-6-17)24-22(27)18-10-12-26(13-11-18)23-25-20-9-4-16(3)14-21(20)28-23/h4-9,14-15,18H,10-13H2,1-3H3,(H,24,27). The molecule has 2 aromatic carbocycles. The molecule has 3 aromatic rings. The van der Waals surface area contributed by atoms with Crippen LogP contribution in [0.2, 0.25) is 0 Å². The largest absolute Gasteiger partial charge is 0.348 e. The number of hydrogen-bond acceptors (Lipinski definition) is 4. The van der Waals surface area contributed by atoms with Crippen LogP contribution in [0.25, 0.3) is 10.2 Å². The third kappa shape index (κ3) is 4.04. The molecule has 0 bridgehead atoms. The Bertz CT molecular complexity index is 969. The topological polar surface area (TPSA) is 45.2 Å². The van der Waals surface area contributed by atoms with Crippen molar-refractivity contribution in [2.24, 2.45) is 5.92 Å². The molecule has 1 aromatic heterocycles. The summed E-state index contributed by atoms with van der Waals surface area (Å²) in [6.07, 6.45) is 1.73. The quantitative estimate of drug-likeness (QED) is 0.629. The minimum Gasteiger partial charge on any atom is -0.348 e. The average Bonchev–Trinajstić information content (AvgIpc) is 3.11. The number of thiazole rings is 1. The van der Waals surface area contributed by atoms with E-state index in [2.05, 4.69) is 61.3 Å².